The summed E-state index contributed by atoms with van der Waals surface area (Å²) < 4.78 is 1.13. The summed E-state index contributed by atoms with van der Waals surface area (Å²) in [5.74, 6) is 0. The SMILES string of the molecule is Cc1ccc(NC(=O)Nc2ccccc2-c2nc3ccccc3s2)cc1. The van der Waals surface area contributed by atoms with Crippen LogP contribution >= 0.6 is 11.3 Å². The molecule has 0 atom stereocenters. The molecule has 0 bridgehead atoms. The van der Waals surface area contributed by atoms with E-state index >= 15 is 0 Å². The van der Waals surface area contributed by atoms with E-state index in [1.807, 2.05) is 73.7 Å². The van der Waals surface area contributed by atoms with E-state index in [9.17, 15) is 4.79 Å². The number of aromatic nitrogens is 1. The largest absolute Gasteiger partial charge is 0.323 e. The van der Waals surface area contributed by atoms with Crippen molar-refractivity contribution in [3.8, 4) is 10.6 Å². The minimum Gasteiger partial charge on any atom is -0.308 e. The summed E-state index contributed by atoms with van der Waals surface area (Å²) in [6.07, 6.45) is 0. The van der Waals surface area contributed by atoms with Crippen molar-refractivity contribution in [2.24, 2.45) is 0 Å². The number of anilines is 2. The molecule has 0 fully saturated rings. The second-order valence-corrected chi connectivity index (χ2v) is 7.01. The van der Waals surface area contributed by atoms with Gasteiger partial charge in [-0.1, -0.05) is 42.0 Å². The first-order valence-corrected chi connectivity index (χ1v) is 9.10. The number of amides is 2. The maximum atomic E-state index is 12.4. The van der Waals surface area contributed by atoms with Crippen molar-refractivity contribution in [3.05, 3.63) is 78.4 Å². The van der Waals surface area contributed by atoms with Crippen LogP contribution in [0.3, 0.4) is 0 Å². The average Bonchev–Trinajstić information content (AvgIpc) is 3.08. The number of para-hydroxylation sites is 2. The van der Waals surface area contributed by atoms with E-state index in [2.05, 4.69) is 16.7 Å². The van der Waals surface area contributed by atoms with Crippen molar-refractivity contribution in [2.45, 2.75) is 6.92 Å². The molecule has 0 saturated carbocycles. The number of nitrogens with zero attached hydrogens (tertiary/aromatic N) is 1. The summed E-state index contributed by atoms with van der Waals surface area (Å²) >= 11 is 1.61. The Morgan fingerprint density at radius 2 is 1.62 bits per heavy atom. The second-order valence-electron chi connectivity index (χ2n) is 5.98. The molecule has 4 aromatic rings. The van der Waals surface area contributed by atoms with Crippen LogP contribution in [-0.2, 0) is 0 Å². The maximum Gasteiger partial charge on any atom is 0.323 e. The molecule has 1 heterocycles. The lowest BCUT2D eigenvalue weighted by molar-refractivity contribution is 0.262. The van der Waals surface area contributed by atoms with Crippen LogP contribution in [0, 0.1) is 6.92 Å². The van der Waals surface area contributed by atoms with Crippen LogP contribution in [0.25, 0.3) is 20.8 Å². The van der Waals surface area contributed by atoms with Crippen LogP contribution in [0.4, 0.5) is 16.2 Å². The summed E-state index contributed by atoms with van der Waals surface area (Å²) in [6, 6.07) is 23.2. The quantitative estimate of drug-likeness (QED) is 0.477. The monoisotopic (exact) mass is 359 g/mol. The molecule has 4 rings (SSSR count). The average molecular weight is 359 g/mol. The molecule has 0 saturated heterocycles. The van der Waals surface area contributed by atoms with Gasteiger partial charge >= 0.3 is 6.03 Å². The minimum atomic E-state index is -0.276. The fourth-order valence-corrected chi connectivity index (χ4v) is 3.69. The number of rotatable bonds is 3. The zero-order valence-electron chi connectivity index (χ0n) is 14.2. The van der Waals surface area contributed by atoms with Gasteiger partial charge in [0, 0.05) is 11.3 Å². The molecule has 128 valence electrons. The van der Waals surface area contributed by atoms with Crippen LogP contribution in [0.1, 0.15) is 5.56 Å². The molecule has 0 aliphatic carbocycles. The zero-order valence-corrected chi connectivity index (χ0v) is 15.0. The van der Waals surface area contributed by atoms with Crippen molar-refractivity contribution >= 4 is 39.0 Å². The van der Waals surface area contributed by atoms with E-state index in [-0.39, 0.29) is 6.03 Å². The molecule has 0 unspecified atom stereocenters. The number of carbonyl (C=O) groups excluding carboxylic acids is 1. The lowest BCUT2D eigenvalue weighted by atomic mass is 10.2. The fourth-order valence-electron chi connectivity index (χ4n) is 2.69. The first-order chi connectivity index (χ1) is 12.7. The van der Waals surface area contributed by atoms with Crippen molar-refractivity contribution in [1.82, 2.24) is 4.98 Å². The number of nitrogens with one attached hydrogen (secondary N) is 2. The van der Waals surface area contributed by atoms with Crippen LogP contribution in [0.15, 0.2) is 72.8 Å². The Labute approximate surface area is 155 Å². The number of carbonyl (C=O) groups is 1. The molecule has 0 radical (unpaired) electrons. The summed E-state index contributed by atoms with van der Waals surface area (Å²) in [5, 5.41) is 6.68. The zero-order chi connectivity index (χ0) is 17.9. The van der Waals surface area contributed by atoms with Crippen LogP contribution in [-0.4, -0.2) is 11.0 Å². The summed E-state index contributed by atoms with van der Waals surface area (Å²) in [4.78, 5) is 17.1. The first kappa shape index (κ1) is 16.3. The molecule has 4 nitrogen and oxygen atoms in total. The molecular formula is C21H17N3OS. The third kappa shape index (κ3) is 3.43. The predicted molar refractivity (Wildman–Crippen MR) is 109 cm³/mol. The number of benzene rings is 3. The van der Waals surface area contributed by atoms with Gasteiger partial charge in [0.25, 0.3) is 0 Å². The molecule has 1 aromatic heterocycles. The van der Waals surface area contributed by atoms with Gasteiger partial charge in [0.15, 0.2) is 0 Å². The first-order valence-electron chi connectivity index (χ1n) is 8.29. The number of urea groups is 1. The van der Waals surface area contributed by atoms with Crippen LogP contribution < -0.4 is 10.6 Å². The van der Waals surface area contributed by atoms with Gasteiger partial charge in [0.05, 0.1) is 15.9 Å². The van der Waals surface area contributed by atoms with Crippen LogP contribution in [0.5, 0.6) is 0 Å². The fraction of sp³-hybridized carbons (Fsp3) is 0.0476. The van der Waals surface area contributed by atoms with E-state index in [0.717, 1.165) is 37.7 Å². The number of fused-ring (bicyclic) bond motifs is 1. The Morgan fingerprint density at radius 3 is 2.42 bits per heavy atom. The van der Waals surface area contributed by atoms with E-state index in [0.29, 0.717) is 0 Å². The van der Waals surface area contributed by atoms with Gasteiger partial charge in [-0.05, 0) is 43.3 Å². The Hall–Kier alpha value is -3.18. The second kappa shape index (κ2) is 6.98. The van der Waals surface area contributed by atoms with Gasteiger partial charge in [0.1, 0.15) is 5.01 Å². The maximum absolute atomic E-state index is 12.4. The molecule has 2 N–H and O–H groups in total. The predicted octanol–water partition coefficient (Wildman–Crippen LogP) is 5.92. The van der Waals surface area contributed by atoms with E-state index in [1.165, 1.54) is 0 Å². The molecule has 2 amide bonds. The highest BCUT2D eigenvalue weighted by Crippen LogP contribution is 2.34. The van der Waals surface area contributed by atoms with E-state index in [1.54, 1.807) is 11.3 Å². The van der Waals surface area contributed by atoms with E-state index < -0.39 is 0 Å². The molecular weight excluding hydrogens is 342 g/mol. The lowest BCUT2D eigenvalue weighted by Crippen LogP contribution is -2.19. The molecule has 0 aliphatic heterocycles. The van der Waals surface area contributed by atoms with Gasteiger partial charge in [-0.15, -0.1) is 11.3 Å². The van der Waals surface area contributed by atoms with Crippen molar-refractivity contribution < 1.29 is 4.79 Å². The highest BCUT2D eigenvalue weighted by molar-refractivity contribution is 7.21. The molecule has 5 heteroatoms. The van der Waals surface area contributed by atoms with Gasteiger partial charge in [-0.2, -0.15) is 0 Å². The van der Waals surface area contributed by atoms with Crippen LogP contribution in [0.2, 0.25) is 0 Å². The summed E-state index contributed by atoms with van der Waals surface area (Å²) in [7, 11) is 0. The van der Waals surface area contributed by atoms with Crippen molar-refractivity contribution in [2.75, 3.05) is 10.6 Å². The van der Waals surface area contributed by atoms with Gasteiger partial charge in [-0.25, -0.2) is 9.78 Å². The number of hydrogen-bond acceptors (Lipinski definition) is 3. The topological polar surface area (TPSA) is 54.0 Å². The van der Waals surface area contributed by atoms with Crippen molar-refractivity contribution in [1.29, 1.82) is 0 Å². The minimum absolute atomic E-state index is 0.276. The highest BCUT2D eigenvalue weighted by Gasteiger charge is 2.12. The molecule has 3 aromatic carbocycles. The van der Waals surface area contributed by atoms with Gasteiger partial charge in [-0.3, -0.25) is 0 Å². The lowest BCUT2D eigenvalue weighted by Gasteiger charge is -2.10. The normalized spacial score (nSPS) is 10.7. The van der Waals surface area contributed by atoms with Crippen molar-refractivity contribution in [3.63, 3.8) is 0 Å². The Morgan fingerprint density at radius 1 is 0.885 bits per heavy atom. The number of aryl methyl sites for hydroxylation is 1. The summed E-state index contributed by atoms with van der Waals surface area (Å²) in [6.45, 7) is 2.01. The van der Waals surface area contributed by atoms with Gasteiger partial charge < -0.3 is 10.6 Å². The van der Waals surface area contributed by atoms with E-state index in [4.69, 9.17) is 4.98 Å². The third-order valence-corrected chi connectivity index (χ3v) is 5.08. The summed E-state index contributed by atoms with van der Waals surface area (Å²) in [5.41, 5.74) is 4.51. The Kier molecular flexibility index (Phi) is 4.37. The third-order valence-electron chi connectivity index (χ3n) is 4.01. The standard InChI is InChI=1S/C21H17N3OS/c1-14-10-12-15(13-11-14)22-21(25)24-17-7-3-2-6-16(17)20-23-18-8-4-5-9-19(18)26-20/h2-13H,1H3,(H2,22,24,25). The Balaban J connectivity index is 1.59. The van der Waals surface area contributed by atoms with Gasteiger partial charge in [0.2, 0.25) is 0 Å². The smallest absolute Gasteiger partial charge is 0.308 e. The number of thiazole rings is 1. The Bertz CT molecular complexity index is 1040. The molecule has 0 aliphatic rings. The molecule has 26 heavy (non-hydrogen) atoms. The number of hydrogen-bond donors (Lipinski definition) is 2. The highest BCUT2D eigenvalue weighted by atomic mass is 32.1. The molecule has 0 spiro atoms.